The number of thiazole rings is 1. The van der Waals surface area contributed by atoms with Gasteiger partial charge in [-0.2, -0.15) is 0 Å². The zero-order valence-electron chi connectivity index (χ0n) is 10.3. The molecular weight excluding hydrogens is 220 g/mol. The van der Waals surface area contributed by atoms with Gasteiger partial charge in [-0.05, 0) is 20.3 Å². The summed E-state index contributed by atoms with van der Waals surface area (Å²) in [6.45, 7) is 6.90. The van der Waals surface area contributed by atoms with Crippen molar-refractivity contribution in [3.8, 4) is 0 Å². The topological polar surface area (TPSA) is 42.0 Å². The van der Waals surface area contributed by atoms with E-state index in [0.29, 0.717) is 13.0 Å². The van der Waals surface area contributed by atoms with E-state index < -0.39 is 0 Å². The highest BCUT2D eigenvalue weighted by Gasteiger charge is 2.04. The zero-order valence-corrected chi connectivity index (χ0v) is 11.1. The van der Waals surface area contributed by atoms with Gasteiger partial charge in [0.15, 0.2) is 0 Å². The van der Waals surface area contributed by atoms with E-state index >= 15 is 0 Å². The Morgan fingerprint density at radius 2 is 2.19 bits per heavy atom. The second-order valence-corrected chi connectivity index (χ2v) is 5.24. The lowest BCUT2D eigenvalue weighted by Crippen LogP contribution is -2.25. The molecule has 1 amide bonds. The van der Waals surface area contributed by atoms with E-state index in [2.05, 4.69) is 24.1 Å². The SMILES string of the molecule is CCCCC(=O)NCCc1nc(C)c(C)s1. The molecule has 0 aromatic carbocycles. The van der Waals surface area contributed by atoms with Crippen LogP contribution in [0.3, 0.4) is 0 Å². The van der Waals surface area contributed by atoms with Gasteiger partial charge in [0.1, 0.15) is 0 Å². The molecule has 0 aliphatic heterocycles. The highest BCUT2D eigenvalue weighted by molar-refractivity contribution is 7.11. The van der Waals surface area contributed by atoms with Crippen molar-refractivity contribution in [3.63, 3.8) is 0 Å². The van der Waals surface area contributed by atoms with Crippen molar-refractivity contribution >= 4 is 17.2 Å². The minimum Gasteiger partial charge on any atom is -0.356 e. The van der Waals surface area contributed by atoms with Gasteiger partial charge in [-0.15, -0.1) is 11.3 Å². The first kappa shape index (κ1) is 13.2. The third kappa shape index (κ3) is 4.31. The Bertz CT molecular complexity index is 327. The summed E-state index contributed by atoms with van der Waals surface area (Å²) in [6.07, 6.45) is 3.53. The van der Waals surface area contributed by atoms with E-state index in [1.54, 1.807) is 11.3 Å². The van der Waals surface area contributed by atoms with Crippen LogP contribution in [0, 0.1) is 13.8 Å². The van der Waals surface area contributed by atoms with Crippen LogP contribution in [0.2, 0.25) is 0 Å². The Morgan fingerprint density at radius 1 is 1.44 bits per heavy atom. The fraction of sp³-hybridized carbons (Fsp3) is 0.667. The van der Waals surface area contributed by atoms with Gasteiger partial charge in [-0.3, -0.25) is 4.79 Å². The number of carbonyl (C=O) groups excluding carboxylic acids is 1. The number of carbonyl (C=O) groups is 1. The maximum absolute atomic E-state index is 11.3. The van der Waals surface area contributed by atoms with Crippen LogP contribution in [-0.4, -0.2) is 17.4 Å². The molecule has 3 nitrogen and oxygen atoms in total. The number of aromatic nitrogens is 1. The number of rotatable bonds is 6. The second-order valence-electron chi connectivity index (χ2n) is 3.95. The first-order valence-corrected chi connectivity index (χ1v) is 6.64. The van der Waals surface area contributed by atoms with Crippen LogP contribution in [0.1, 0.15) is 41.8 Å². The minimum atomic E-state index is 0.159. The molecule has 1 heterocycles. The molecule has 0 atom stereocenters. The van der Waals surface area contributed by atoms with Crippen LogP contribution in [-0.2, 0) is 11.2 Å². The summed E-state index contributed by atoms with van der Waals surface area (Å²) in [5.74, 6) is 0.159. The summed E-state index contributed by atoms with van der Waals surface area (Å²) < 4.78 is 0. The number of hydrogen-bond acceptors (Lipinski definition) is 3. The lowest BCUT2D eigenvalue weighted by atomic mass is 10.2. The molecule has 0 spiro atoms. The predicted molar refractivity (Wildman–Crippen MR) is 67.8 cm³/mol. The molecule has 1 aromatic heterocycles. The lowest BCUT2D eigenvalue weighted by molar-refractivity contribution is -0.121. The summed E-state index contributed by atoms with van der Waals surface area (Å²) in [5, 5.41) is 4.04. The number of amides is 1. The highest BCUT2D eigenvalue weighted by atomic mass is 32.1. The first-order valence-electron chi connectivity index (χ1n) is 5.83. The molecule has 4 heteroatoms. The van der Waals surface area contributed by atoms with Crippen molar-refractivity contribution in [2.75, 3.05) is 6.54 Å². The monoisotopic (exact) mass is 240 g/mol. The van der Waals surface area contributed by atoms with E-state index in [-0.39, 0.29) is 5.91 Å². The number of aryl methyl sites for hydroxylation is 2. The van der Waals surface area contributed by atoms with Crippen LogP contribution < -0.4 is 5.32 Å². The molecule has 0 aliphatic rings. The van der Waals surface area contributed by atoms with Crippen molar-refractivity contribution in [2.24, 2.45) is 0 Å². The summed E-state index contributed by atoms with van der Waals surface area (Å²) in [6, 6.07) is 0. The minimum absolute atomic E-state index is 0.159. The molecule has 0 saturated carbocycles. The van der Waals surface area contributed by atoms with Gasteiger partial charge < -0.3 is 5.32 Å². The van der Waals surface area contributed by atoms with Crippen molar-refractivity contribution in [1.29, 1.82) is 0 Å². The largest absolute Gasteiger partial charge is 0.356 e. The summed E-state index contributed by atoms with van der Waals surface area (Å²) in [7, 11) is 0. The van der Waals surface area contributed by atoms with Gasteiger partial charge in [0.05, 0.1) is 10.7 Å². The summed E-state index contributed by atoms with van der Waals surface area (Å²) in [5.41, 5.74) is 1.11. The molecule has 0 fully saturated rings. The summed E-state index contributed by atoms with van der Waals surface area (Å²) >= 11 is 1.72. The van der Waals surface area contributed by atoms with Gasteiger partial charge in [0, 0.05) is 24.3 Å². The Hall–Kier alpha value is -0.900. The predicted octanol–water partition coefficient (Wildman–Crippen LogP) is 2.61. The highest BCUT2D eigenvalue weighted by Crippen LogP contribution is 2.16. The van der Waals surface area contributed by atoms with Crippen LogP contribution in [0.25, 0.3) is 0 Å². The molecule has 90 valence electrons. The lowest BCUT2D eigenvalue weighted by Gasteiger charge is -2.02. The number of hydrogen-bond donors (Lipinski definition) is 1. The Balaban J connectivity index is 2.22. The smallest absolute Gasteiger partial charge is 0.220 e. The molecule has 0 radical (unpaired) electrons. The fourth-order valence-corrected chi connectivity index (χ4v) is 2.31. The van der Waals surface area contributed by atoms with Crippen molar-refractivity contribution in [3.05, 3.63) is 15.6 Å². The number of nitrogens with zero attached hydrogens (tertiary/aromatic N) is 1. The van der Waals surface area contributed by atoms with Gasteiger partial charge in [0.25, 0.3) is 0 Å². The normalized spacial score (nSPS) is 10.4. The molecule has 1 aromatic rings. The fourth-order valence-electron chi connectivity index (χ4n) is 1.38. The van der Waals surface area contributed by atoms with Crippen LogP contribution >= 0.6 is 11.3 Å². The molecule has 0 bridgehead atoms. The van der Waals surface area contributed by atoms with E-state index in [0.717, 1.165) is 30.0 Å². The Kier molecular flexibility index (Phi) is 5.46. The average Bonchev–Trinajstić information content (AvgIpc) is 2.55. The van der Waals surface area contributed by atoms with Crippen LogP contribution in [0.5, 0.6) is 0 Å². The van der Waals surface area contributed by atoms with Crippen molar-refractivity contribution in [1.82, 2.24) is 10.3 Å². The van der Waals surface area contributed by atoms with Gasteiger partial charge >= 0.3 is 0 Å². The van der Waals surface area contributed by atoms with E-state index in [4.69, 9.17) is 0 Å². The van der Waals surface area contributed by atoms with Crippen molar-refractivity contribution < 1.29 is 4.79 Å². The molecule has 0 saturated heterocycles. The molecule has 1 N–H and O–H groups in total. The van der Waals surface area contributed by atoms with E-state index in [1.165, 1.54) is 4.88 Å². The van der Waals surface area contributed by atoms with Crippen LogP contribution in [0.15, 0.2) is 0 Å². The third-order valence-electron chi connectivity index (χ3n) is 2.49. The van der Waals surface area contributed by atoms with Crippen molar-refractivity contribution in [2.45, 2.75) is 46.5 Å². The number of unbranched alkanes of at least 4 members (excludes halogenated alkanes) is 1. The first-order chi connectivity index (χ1) is 7.63. The molecule has 1 rings (SSSR count). The van der Waals surface area contributed by atoms with Gasteiger partial charge in [-0.1, -0.05) is 13.3 Å². The summed E-state index contributed by atoms with van der Waals surface area (Å²) in [4.78, 5) is 17.0. The van der Waals surface area contributed by atoms with Gasteiger partial charge in [0.2, 0.25) is 5.91 Å². The maximum Gasteiger partial charge on any atom is 0.220 e. The quantitative estimate of drug-likeness (QED) is 0.830. The second kappa shape index (κ2) is 6.63. The van der Waals surface area contributed by atoms with E-state index in [1.807, 2.05) is 6.92 Å². The molecular formula is C12H20N2OS. The number of nitrogens with one attached hydrogen (secondary N) is 1. The Labute approximate surface area is 101 Å². The molecule has 16 heavy (non-hydrogen) atoms. The van der Waals surface area contributed by atoms with E-state index in [9.17, 15) is 4.79 Å². The average molecular weight is 240 g/mol. The maximum atomic E-state index is 11.3. The third-order valence-corrected chi connectivity index (χ3v) is 3.62. The standard InChI is InChI=1S/C12H20N2OS/c1-4-5-6-11(15)13-8-7-12-14-9(2)10(3)16-12/h4-8H2,1-3H3,(H,13,15). The molecule has 0 unspecified atom stereocenters. The zero-order chi connectivity index (χ0) is 12.0. The van der Waals surface area contributed by atoms with Gasteiger partial charge in [-0.25, -0.2) is 4.98 Å². The Morgan fingerprint density at radius 3 is 2.75 bits per heavy atom. The molecule has 0 aliphatic carbocycles. The van der Waals surface area contributed by atoms with Crippen LogP contribution in [0.4, 0.5) is 0 Å².